The molecular weight excluding hydrogens is 626 g/mol. The summed E-state index contributed by atoms with van der Waals surface area (Å²) in [5, 5.41) is 11.5. The number of amides is 5. The molecule has 5 aliphatic rings. The Morgan fingerprint density at radius 1 is 1.04 bits per heavy atom. The summed E-state index contributed by atoms with van der Waals surface area (Å²) in [7, 11) is 0. The number of nitrogens with zero attached hydrogens (tertiary/aromatic N) is 3. The minimum absolute atomic E-state index is 0.0961. The number of rotatable bonds is 10. The van der Waals surface area contributed by atoms with E-state index in [1.165, 1.54) is 18.6 Å². The van der Waals surface area contributed by atoms with Gasteiger partial charge in [-0.3, -0.25) is 33.8 Å². The predicted octanol–water partition coefficient (Wildman–Crippen LogP) is 1.91. The second kappa shape index (κ2) is 13.4. The molecule has 1 aromatic heterocycles. The molecule has 0 radical (unpaired) electrons. The predicted molar refractivity (Wildman–Crippen MR) is 178 cm³/mol. The maximum absolute atomic E-state index is 14.6. The highest BCUT2D eigenvalue weighted by molar-refractivity contribution is 6.38. The Morgan fingerprint density at radius 2 is 1.78 bits per heavy atom. The monoisotopic (exact) mass is 677 g/mol. The number of likely N-dealkylation sites (tertiary alicyclic amines) is 1. The Morgan fingerprint density at radius 3 is 2.43 bits per heavy atom. The number of hydrogen-bond donors (Lipinski definition) is 4. The lowest BCUT2D eigenvalue weighted by Gasteiger charge is -2.38. The lowest BCUT2D eigenvalue weighted by Crippen LogP contribution is -2.62. The maximum Gasteiger partial charge on any atom is 0.289 e. The van der Waals surface area contributed by atoms with Crippen LogP contribution in [0, 0.1) is 34.5 Å². The van der Waals surface area contributed by atoms with E-state index < -0.39 is 59.0 Å². The zero-order valence-electron chi connectivity index (χ0n) is 29.3. The summed E-state index contributed by atoms with van der Waals surface area (Å²) in [6.07, 6.45) is 11.5. The van der Waals surface area contributed by atoms with Crippen LogP contribution in [0.4, 0.5) is 0 Å². The minimum Gasteiger partial charge on any atom is -0.347 e. The van der Waals surface area contributed by atoms with Crippen LogP contribution in [0.2, 0.25) is 0 Å². The molecule has 3 saturated carbocycles. The topological polar surface area (TPSA) is 180 Å². The first-order valence-corrected chi connectivity index (χ1v) is 18.1. The molecule has 3 aliphatic carbocycles. The van der Waals surface area contributed by atoms with Crippen molar-refractivity contribution in [1.29, 1.82) is 0 Å². The highest BCUT2D eigenvalue weighted by atomic mass is 16.2. The van der Waals surface area contributed by atoms with Gasteiger partial charge in [-0.25, -0.2) is 4.98 Å². The average Bonchev–Trinajstić information content (AvgIpc) is 3.52. The molecule has 1 aromatic rings. The van der Waals surface area contributed by atoms with Gasteiger partial charge in [-0.15, -0.1) is 0 Å². The van der Waals surface area contributed by atoms with Gasteiger partial charge in [-0.05, 0) is 80.0 Å². The van der Waals surface area contributed by atoms with Gasteiger partial charge in [0.05, 0.1) is 12.2 Å². The van der Waals surface area contributed by atoms with Crippen LogP contribution >= 0.6 is 0 Å². The number of ketones is 1. The molecular formula is C36H51N7O6. The SMILES string of the molecule is CC[C@H](C)NC(=O)C(=O)[C@@H]1CC23CC2C[C@H]2CN(C(=O)[C@@H](NC(=O)[C@@H](NC(=O)c4cnccn4)C4CCCCC4)C(C)(C)C)[C@H](C(=O)N1)[C@H]23. The highest BCUT2D eigenvalue weighted by Crippen LogP contribution is 2.74. The van der Waals surface area contributed by atoms with Crippen molar-refractivity contribution >= 4 is 35.3 Å². The van der Waals surface area contributed by atoms with Crippen molar-refractivity contribution in [2.45, 2.75) is 123 Å². The number of carbonyl (C=O) groups excluding carboxylic acids is 6. The van der Waals surface area contributed by atoms with Crippen LogP contribution < -0.4 is 21.3 Å². The Hall–Kier alpha value is -3.90. The Bertz CT molecular complexity index is 1490. The first kappa shape index (κ1) is 34.9. The molecule has 2 aliphatic heterocycles. The maximum atomic E-state index is 14.6. The van der Waals surface area contributed by atoms with E-state index in [4.69, 9.17) is 0 Å². The summed E-state index contributed by atoms with van der Waals surface area (Å²) in [4.78, 5) is 91.9. The number of carbonyl (C=O) groups is 6. The molecule has 13 nitrogen and oxygen atoms in total. The molecule has 2 unspecified atom stereocenters. The molecule has 49 heavy (non-hydrogen) atoms. The molecule has 4 N–H and O–H groups in total. The highest BCUT2D eigenvalue weighted by Gasteiger charge is 2.73. The molecule has 5 fully saturated rings. The van der Waals surface area contributed by atoms with Crippen molar-refractivity contribution in [1.82, 2.24) is 36.1 Å². The Kier molecular flexibility index (Phi) is 9.58. The molecule has 1 spiro atoms. The fourth-order valence-electron chi connectivity index (χ4n) is 9.29. The minimum atomic E-state index is -0.987. The van der Waals surface area contributed by atoms with Gasteiger partial charge >= 0.3 is 0 Å². The molecule has 3 heterocycles. The standard InChI is InChI=1S/C36H51N7O6/c1-6-19(2)39-33(48)28(44)23-16-36-15-22(36)14-21-18-43(27(25(21)36)32(47)40-23)34(49)29(35(3,4)5)42-31(46)26(20-10-8-7-9-11-20)41-30(45)24-17-37-12-13-38-24/h12-13,17,19-23,25-27,29H,6-11,14-16,18H2,1-5H3,(H,39,48)(H,40,47)(H,41,45)(H,42,46)/t19-,21-,22?,23-,25-,26-,27-,29+,36?/m0/s1. The van der Waals surface area contributed by atoms with Crippen LogP contribution in [0.1, 0.15) is 103 Å². The smallest absolute Gasteiger partial charge is 0.289 e. The Labute approximate surface area is 287 Å². The summed E-state index contributed by atoms with van der Waals surface area (Å²) >= 11 is 0. The van der Waals surface area contributed by atoms with E-state index in [9.17, 15) is 28.8 Å². The third kappa shape index (κ3) is 6.69. The van der Waals surface area contributed by atoms with Crippen LogP contribution in [-0.4, -0.2) is 86.9 Å². The van der Waals surface area contributed by atoms with Crippen molar-refractivity contribution in [3.05, 3.63) is 24.3 Å². The van der Waals surface area contributed by atoms with E-state index in [0.29, 0.717) is 25.3 Å². The summed E-state index contributed by atoms with van der Waals surface area (Å²) in [6.45, 7) is 9.76. The fourth-order valence-corrected chi connectivity index (χ4v) is 9.29. The van der Waals surface area contributed by atoms with Gasteiger partial charge in [-0.2, -0.15) is 0 Å². The summed E-state index contributed by atoms with van der Waals surface area (Å²) in [5.74, 6) is -2.85. The van der Waals surface area contributed by atoms with Crippen LogP contribution in [0.15, 0.2) is 18.6 Å². The molecule has 2 saturated heterocycles. The van der Waals surface area contributed by atoms with Gasteiger partial charge in [0.25, 0.3) is 11.8 Å². The van der Waals surface area contributed by atoms with E-state index >= 15 is 0 Å². The van der Waals surface area contributed by atoms with Gasteiger partial charge < -0.3 is 26.2 Å². The first-order chi connectivity index (χ1) is 23.2. The van der Waals surface area contributed by atoms with E-state index in [2.05, 4.69) is 31.2 Å². The van der Waals surface area contributed by atoms with Gasteiger partial charge in [0.1, 0.15) is 23.8 Å². The zero-order chi connectivity index (χ0) is 35.2. The fraction of sp³-hybridized carbons (Fsp3) is 0.722. The second-order valence-electron chi connectivity index (χ2n) is 16.3. The summed E-state index contributed by atoms with van der Waals surface area (Å²) in [6, 6.07) is -3.78. The lowest BCUT2D eigenvalue weighted by atomic mass is 9.78. The molecule has 6 rings (SSSR count). The number of nitrogens with one attached hydrogen (secondary N) is 4. The van der Waals surface area contributed by atoms with Crippen LogP contribution in [0.3, 0.4) is 0 Å². The summed E-state index contributed by atoms with van der Waals surface area (Å²) < 4.78 is 0. The quantitative estimate of drug-likeness (QED) is 0.271. The van der Waals surface area contributed by atoms with Crippen molar-refractivity contribution in [2.75, 3.05) is 6.54 Å². The first-order valence-electron chi connectivity index (χ1n) is 18.1. The van der Waals surface area contributed by atoms with E-state index in [0.717, 1.165) is 44.9 Å². The van der Waals surface area contributed by atoms with Gasteiger partial charge in [-0.1, -0.05) is 47.0 Å². The zero-order valence-corrected chi connectivity index (χ0v) is 29.3. The van der Waals surface area contributed by atoms with Crippen molar-refractivity contribution < 1.29 is 28.8 Å². The van der Waals surface area contributed by atoms with Gasteiger partial charge in [0.15, 0.2) is 0 Å². The van der Waals surface area contributed by atoms with Crippen molar-refractivity contribution in [3.8, 4) is 0 Å². The molecule has 9 atom stereocenters. The molecule has 13 heteroatoms. The van der Waals surface area contributed by atoms with E-state index in [1.54, 1.807) is 4.90 Å². The van der Waals surface area contributed by atoms with Crippen LogP contribution in [0.5, 0.6) is 0 Å². The lowest BCUT2D eigenvalue weighted by molar-refractivity contribution is -0.145. The third-order valence-electron chi connectivity index (χ3n) is 12.0. The van der Waals surface area contributed by atoms with Gasteiger partial charge in [0, 0.05) is 25.0 Å². The molecule has 5 amide bonds. The second-order valence-corrected chi connectivity index (χ2v) is 16.3. The van der Waals surface area contributed by atoms with Crippen LogP contribution in [0.25, 0.3) is 0 Å². The molecule has 0 bridgehead atoms. The number of aromatic nitrogens is 2. The van der Waals surface area contributed by atoms with Crippen LogP contribution in [-0.2, 0) is 24.0 Å². The average molecular weight is 678 g/mol. The number of Topliss-reactive ketones (excluding diaryl/α,β-unsaturated/α-hetero) is 1. The molecule has 266 valence electrons. The van der Waals surface area contributed by atoms with E-state index in [-0.39, 0.29) is 40.8 Å². The third-order valence-corrected chi connectivity index (χ3v) is 12.0. The van der Waals surface area contributed by atoms with Crippen molar-refractivity contribution in [2.24, 2.45) is 34.5 Å². The van der Waals surface area contributed by atoms with Crippen molar-refractivity contribution in [3.63, 3.8) is 0 Å². The number of hydrogen-bond acceptors (Lipinski definition) is 8. The molecule has 0 aromatic carbocycles. The largest absolute Gasteiger partial charge is 0.347 e. The summed E-state index contributed by atoms with van der Waals surface area (Å²) in [5.41, 5.74) is -0.911. The van der Waals surface area contributed by atoms with Gasteiger partial charge in [0.2, 0.25) is 23.5 Å². The Balaban J connectivity index is 1.23. The normalized spacial score (nSPS) is 30.8. The van der Waals surface area contributed by atoms with E-state index in [1.807, 2.05) is 34.6 Å².